The number of ether oxygens (including phenoxy) is 1. The fraction of sp³-hybridized carbons (Fsp3) is 0.571. The molecule has 1 aromatic heterocycles. The van der Waals surface area contributed by atoms with Gasteiger partial charge in [-0.15, -0.1) is 11.3 Å². The van der Waals surface area contributed by atoms with Crippen LogP contribution < -0.4 is 10.1 Å². The second kappa shape index (κ2) is 7.46. The lowest BCUT2D eigenvalue weighted by Gasteiger charge is -2.30. The number of aromatic nitrogens is 1. The Morgan fingerprint density at radius 1 is 1.04 bits per heavy atom. The van der Waals surface area contributed by atoms with E-state index in [9.17, 15) is 0 Å². The molecule has 0 aliphatic carbocycles. The highest BCUT2D eigenvalue weighted by Crippen LogP contribution is 2.42. The van der Waals surface area contributed by atoms with Crippen molar-refractivity contribution in [3.63, 3.8) is 0 Å². The highest BCUT2D eigenvalue weighted by Gasteiger charge is 2.28. The van der Waals surface area contributed by atoms with Crippen molar-refractivity contribution in [2.24, 2.45) is 0 Å². The van der Waals surface area contributed by atoms with Crippen LogP contribution >= 0.6 is 11.3 Å². The van der Waals surface area contributed by atoms with Gasteiger partial charge in [0.25, 0.3) is 0 Å². The van der Waals surface area contributed by atoms with E-state index in [1.165, 1.54) is 16.7 Å². The third kappa shape index (κ3) is 4.62. The molecule has 2 aromatic rings. The van der Waals surface area contributed by atoms with Crippen molar-refractivity contribution < 1.29 is 4.74 Å². The SMILES string of the molecule is CCOc1c(C(C)(C)C)cc(-c2csc(CNC)n2)cc1C(C)(C)C. The molecule has 1 N–H and O–H groups in total. The van der Waals surface area contributed by atoms with Gasteiger partial charge >= 0.3 is 0 Å². The molecule has 0 aliphatic heterocycles. The first-order valence-electron chi connectivity index (χ1n) is 8.99. The fourth-order valence-electron chi connectivity index (χ4n) is 2.87. The molecule has 0 amide bonds. The average Bonchev–Trinajstić information content (AvgIpc) is 2.94. The summed E-state index contributed by atoms with van der Waals surface area (Å²) < 4.78 is 6.13. The van der Waals surface area contributed by atoms with E-state index in [-0.39, 0.29) is 10.8 Å². The summed E-state index contributed by atoms with van der Waals surface area (Å²) in [7, 11) is 1.95. The van der Waals surface area contributed by atoms with Crippen LogP contribution in [0, 0.1) is 0 Å². The summed E-state index contributed by atoms with van der Waals surface area (Å²) in [5.41, 5.74) is 4.74. The number of hydrogen-bond acceptors (Lipinski definition) is 4. The topological polar surface area (TPSA) is 34.1 Å². The van der Waals surface area contributed by atoms with Crippen LogP contribution in [0.3, 0.4) is 0 Å². The van der Waals surface area contributed by atoms with Gasteiger partial charge in [-0.05, 0) is 36.9 Å². The van der Waals surface area contributed by atoms with E-state index in [4.69, 9.17) is 9.72 Å². The van der Waals surface area contributed by atoms with Crippen molar-refractivity contribution in [2.75, 3.05) is 13.7 Å². The zero-order valence-corrected chi connectivity index (χ0v) is 17.7. The molecular weight excluding hydrogens is 328 g/mol. The minimum Gasteiger partial charge on any atom is -0.493 e. The zero-order chi connectivity index (χ0) is 18.8. The first kappa shape index (κ1) is 19.9. The van der Waals surface area contributed by atoms with Crippen LogP contribution in [0.2, 0.25) is 0 Å². The number of hydrogen-bond donors (Lipinski definition) is 1. The second-order valence-corrected chi connectivity index (χ2v) is 9.43. The van der Waals surface area contributed by atoms with Crippen LogP contribution in [0.4, 0.5) is 0 Å². The van der Waals surface area contributed by atoms with Crippen LogP contribution in [-0.2, 0) is 17.4 Å². The molecule has 0 fully saturated rings. The summed E-state index contributed by atoms with van der Waals surface area (Å²) >= 11 is 1.71. The van der Waals surface area contributed by atoms with Crippen molar-refractivity contribution in [1.29, 1.82) is 0 Å². The number of benzene rings is 1. The Kier molecular flexibility index (Phi) is 5.95. The Bertz CT molecular complexity index is 685. The lowest BCUT2D eigenvalue weighted by atomic mass is 9.78. The van der Waals surface area contributed by atoms with Crippen LogP contribution in [0.25, 0.3) is 11.3 Å². The molecule has 138 valence electrons. The Morgan fingerprint density at radius 2 is 1.60 bits per heavy atom. The van der Waals surface area contributed by atoms with Gasteiger partial charge in [-0.1, -0.05) is 41.5 Å². The maximum Gasteiger partial charge on any atom is 0.126 e. The van der Waals surface area contributed by atoms with Crippen LogP contribution in [0.15, 0.2) is 17.5 Å². The van der Waals surface area contributed by atoms with E-state index in [0.717, 1.165) is 23.0 Å². The van der Waals surface area contributed by atoms with Gasteiger partial charge in [0.05, 0.1) is 12.3 Å². The normalized spacial score (nSPS) is 12.5. The third-order valence-electron chi connectivity index (χ3n) is 4.17. The molecule has 3 nitrogen and oxygen atoms in total. The molecule has 0 bridgehead atoms. The Balaban J connectivity index is 2.69. The summed E-state index contributed by atoms with van der Waals surface area (Å²) in [4.78, 5) is 4.81. The van der Waals surface area contributed by atoms with E-state index in [1.807, 2.05) is 7.05 Å². The minimum absolute atomic E-state index is 0.00430. The van der Waals surface area contributed by atoms with Gasteiger partial charge in [0.1, 0.15) is 10.8 Å². The molecule has 4 heteroatoms. The van der Waals surface area contributed by atoms with Gasteiger partial charge in [-0.3, -0.25) is 0 Å². The highest BCUT2D eigenvalue weighted by atomic mass is 32.1. The van der Waals surface area contributed by atoms with E-state index >= 15 is 0 Å². The molecule has 1 aromatic carbocycles. The zero-order valence-electron chi connectivity index (χ0n) is 16.9. The maximum atomic E-state index is 6.13. The number of thiazole rings is 1. The average molecular weight is 361 g/mol. The largest absolute Gasteiger partial charge is 0.493 e. The van der Waals surface area contributed by atoms with Crippen molar-refractivity contribution >= 4 is 11.3 Å². The highest BCUT2D eigenvalue weighted by molar-refractivity contribution is 7.09. The molecule has 2 rings (SSSR count). The van der Waals surface area contributed by atoms with Crippen molar-refractivity contribution in [3.05, 3.63) is 33.6 Å². The van der Waals surface area contributed by atoms with Gasteiger partial charge in [0.15, 0.2) is 0 Å². The summed E-state index contributed by atoms with van der Waals surface area (Å²) in [6.07, 6.45) is 0. The summed E-state index contributed by atoms with van der Waals surface area (Å²) in [6, 6.07) is 4.52. The summed E-state index contributed by atoms with van der Waals surface area (Å²) in [6.45, 7) is 17.0. The number of nitrogens with zero attached hydrogens (tertiary/aromatic N) is 1. The Hall–Kier alpha value is -1.39. The molecule has 0 unspecified atom stereocenters. The number of nitrogens with one attached hydrogen (secondary N) is 1. The maximum absolute atomic E-state index is 6.13. The van der Waals surface area contributed by atoms with Gasteiger partial charge in [0.2, 0.25) is 0 Å². The second-order valence-electron chi connectivity index (χ2n) is 8.49. The lowest BCUT2D eigenvalue weighted by Crippen LogP contribution is -2.20. The molecular formula is C21H32N2OS. The van der Waals surface area contributed by atoms with Crippen molar-refractivity contribution in [3.8, 4) is 17.0 Å². The van der Waals surface area contributed by atoms with E-state index in [2.05, 4.69) is 71.3 Å². The van der Waals surface area contributed by atoms with Crippen molar-refractivity contribution in [1.82, 2.24) is 10.3 Å². The quantitative estimate of drug-likeness (QED) is 0.762. The van der Waals surface area contributed by atoms with Crippen LogP contribution in [-0.4, -0.2) is 18.6 Å². The van der Waals surface area contributed by atoms with Gasteiger partial charge in [-0.25, -0.2) is 4.98 Å². The monoisotopic (exact) mass is 360 g/mol. The molecule has 25 heavy (non-hydrogen) atoms. The predicted molar refractivity (Wildman–Crippen MR) is 109 cm³/mol. The smallest absolute Gasteiger partial charge is 0.126 e. The Labute approximate surface area is 156 Å². The van der Waals surface area contributed by atoms with Gasteiger partial charge in [0, 0.05) is 28.6 Å². The molecule has 0 radical (unpaired) electrons. The molecule has 1 heterocycles. The molecule has 0 spiro atoms. The molecule has 0 saturated carbocycles. The number of rotatable bonds is 5. The molecule has 0 aliphatic rings. The first-order valence-corrected chi connectivity index (χ1v) is 9.87. The molecule has 0 atom stereocenters. The van der Waals surface area contributed by atoms with Crippen molar-refractivity contribution in [2.45, 2.75) is 65.8 Å². The first-order chi connectivity index (χ1) is 11.6. The summed E-state index contributed by atoms with van der Waals surface area (Å²) in [5.74, 6) is 1.04. The third-order valence-corrected chi connectivity index (χ3v) is 5.02. The minimum atomic E-state index is 0.00430. The summed E-state index contributed by atoms with van der Waals surface area (Å²) in [5, 5.41) is 6.44. The van der Waals surface area contributed by atoms with Crippen LogP contribution in [0.1, 0.15) is 64.6 Å². The molecule has 0 saturated heterocycles. The predicted octanol–water partition coefficient (Wildman–Crippen LogP) is 5.52. The van der Waals surface area contributed by atoms with E-state index in [0.29, 0.717) is 6.61 Å². The fourth-order valence-corrected chi connectivity index (χ4v) is 3.68. The van der Waals surface area contributed by atoms with E-state index < -0.39 is 0 Å². The van der Waals surface area contributed by atoms with Gasteiger partial charge < -0.3 is 10.1 Å². The lowest BCUT2D eigenvalue weighted by molar-refractivity contribution is 0.319. The van der Waals surface area contributed by atoms with E-state index in [1.54, 1.807) is 11.3 Å². The van der Waals surface area contributed by atoms with Crippen LogP contribution in [0.5, 0.6) is 5.75 Å². The van der Waals surface area contributed by atoms with Gasteiger partial charge in [-0.2, -0.15) is 0 Å². The Morgan fingerprint density at radius 3 is 2.04 bits per heavy atom. The standard InChI is InChI=1S/C21H32N2OS/c1-9-24-19-15(20(2,3)4)10-14(11-16(19)21(5,6)7)17-13-25-18(23-17)12-22-8/h10-11,13,22H,9,12H2,1-8H3.